The van der Waals surface area contributed by atoms with Crippen molar-refractivity contribution in [2.24, 2.45) is 11.7 Å². The Morgan fingerprint density at radius 2 is 0.778 bits per heavy atom. The highest BCUT2D eigenvalue weighted by molar-refractivity contribution is 6.40. The number of rotatable bonds is 29. The quantitative estimate of drug-likeness (QED) is 0.0622. The number of unbranched alkanes of at least 4 members (excludes halogenated alkanes) is 22. The van der Waals surface area contributed by atoms with Crippen LogP contribution in [0, 0.1) is 5.92 Å². The van der Waals surface area contributed by atoms with Gasteiger partial charge < -0.3 is 5.73 Å². The molecule has 212 valence electrons. The van der Waals surface area contributed by atoms with E-state index in [-0.39, 0.29) is 5.78 Å². The number of carbonyl (C=O) groups is 3. The standard InChI is InChI=1S/C32H61NO3/c1-3-5-7-9-11-13-15-16-18-19-21-23-25-27-29(31(35)32(33)36)30(34)28-26-24-22-20-17-14-12-10-8-6-4-2/h29H,3-28H2,1-2H3,(H2,33,36). The first-order chi connectivity index (χ1) is 17.5. The molecule has 0 spiro atoms. The van der Waals surface area contributed by atoms with E-state index in [1.807, 2.05) is 0 Å². The fourth-order valence-electron chi connectivity index (χ4n) is 5.11. The van der Waals surface area contributed by atoms with Crippen LogP contribution in [0.5, 0.6) is 0 Å². The van der Waals surface area contributed by atoms with Gasteiger partial charge in [0.15, 0.2) is 0 Å². The van der Waals surface area contributed by atoms with E-state index in [1.165, 1.54) is 116 Å². The number of nitrogens with two attached hydrogens (primary N) is 1. The number of ketones is 2. The maximum Gasteiger partial charge on any atom is 0.285 e. The van der Waals surface area contributed by atoms with Crippen molar-refractivity contribution in [3.8, 4) is 0 Å². The lowest BCUT2D eigenvalue weighted by Gasteiger charge is -2.13. The largest absolute Gasteiger partial charge is 0.363 e. The number of hydrogen-bond donors (Lipinski definition) is 1. The lowest BCUT2D eigenvalue weighted by atomic mass is 9.89. The first-order valence-electron chi connectivity index (χ1n) is 15.9. The molecule has 0 aliphatic heterocycles. The van der Waals surface area contributed by atoms with Crippen molar-refractivity contribution >= 4 is 17.5 Å². The predicted octanol–water partition coefficient (Wildman–Crippen LogP) is 9.41. The summed E-state index contributed by atoms with van der Waals surface area (Å²) in [6, 6.07) is 0. The van der Waals surface area contributed by atoms with Crippen LogP contribution in [-0.4, -0.2) is 17.5 Å². The number of primary amides is 1. The van der Waals surface area contributed by atoms with Crippen molar-refractivity contribution in [1.29, 1.82) is 0 Å². The number of hydrogen-bond acceptors (Lipinski definition) is 3. The van der Waals surface area contributed by atoms with Gasteiger partial charge in [-0.2, -0.15) is 0 Å². The summed E-state index contributed by atoms with van der Waals surface area (Å²) in [5.74, 6) is -2.52. The van der Waals surface area contributed by atoms with Crippen LogP contribution in [0.1, 0.15) is 181 Å². The molecule has 0 rings (SSSR count). The minimum Gasteiger partial charge on any atom is -0.363 e. The van der Waals surface area contributed by atoms with E-state index in [1.54, 1.807) is 0 Å². The van der Waals surface area contributed by atoms with Crippen molar-refractivity contribution in [3.05, 3.63) is 0 Å². The molecule has 0 aliphatic carbocycles. The van der Waals surface area contributed by atoms with E-state index in [0.29, 0.717) is 12.8 Å². The Balaban J connectivity index is 3.85. The van der Waals surface area contributed by atoms with E-state index in [2.05, 4.69) is 13.8 Å². The van der Waals surface area contributed by atoms with Crippen LogP contribution in [0.25, 0.3) is 0 Å². The van der Waals surface area contributed by atoms with Gasteiger partial charge in [0, 0.05) is 6.42 Å². The second-order valence-corrected chi connectivity index (χ2v) is 11.1. The Morgan fingerprint density at radius 1 is 0.472 bits per heavy atom. The van der Waals surface area contributed by atoms with Crippen LogP contribution >= 0.6 is 0 Å². The van der Waals surface area contributed by atoms with Gasteiger partial charge in [-0.15, -0.1) is 0 Å². The number of amides is 1. The van der Waals surface area contributed by atoms with Gasteiger partial charge in [-0.1, -0.05) is 162 Å². The first-order valence-corrected chi connectivity index (χ1v) is 15.9. The molecule has 1 unspecified atom stereocenters. The van der Waals surface area contributed by atoms with E-state index >= 15 is 0 Å². The summed E-state index contributed by atoms with van der Waals surface area (Å²) in [7, 11) is 0. The lowest BCUT2D eigenvalue weighted by Crippen LogP contribution is -2.34. The van der Waals surface area contributed by atoms with E-state index in [4.69, 9.17) is 5.73 Å². The minimum atomic E-state index is -0.956. The van der Waals surface area contributed by atoms with Crippen molar-refractivity contribution in [2.45, 2.75) is 181 Å². The molecular weight excluding hydrogens is 446 g/mol. The zero-order chi connectivity index (χ0) is 26.7. The summed E-state index contributed by atoms with van der Waals surface area (Å²) < 4.78 is 0. The second-order valence-electron chi connectivity index (χ2n) is 11.1. The molecule has 4 nitrogen and oxygen atoms in total. The Labute approximate surface area is 224 Å². The molecule has 4 heteroatoms. The average Bonchev–Trinajstić information content (AvgIpc) is 2.87. The molecule has 1 atom stereocenters. The molecule has 1 amide bonds. The molecule has 36 heavy (non-hydrogen) atoms. The zero-order valence-corrected chi connectivity index (χ0v) is 24.3. The van der Waals surface area contributed by atoms with E-state index < -0.39 is 17.6 Å². The molecule has 0 aromatic heterocycles. The summed E-state index contributed by atoms with van der Waals surface area (Å²) in [6.45, 7) is 4.50. The van der Waals surface area contributed by atoms with Crippen molar-refractivity contribution in [2.75, 3.05) is 0 Å². The van der Waals surface area contributed by atoms with Gasteiger partial charge in [-0.3, -0.25) is 14.4 Å². The summed E-state index contributed by atoms with van der Waals surface area (Å²) in [5, 5.41) is 0. The van der Waals surface area contributed by atoms with Crippen molar-refractivity contribution < 1.29 is 14.4 Å². The van der Waals surface area contributed by atoms with Gasteiger partial charge in [0.25, 0.3) is 5.91 Å². The van der Waals surface area contributed by atoms with Gasteiger partial charge in [0.1, 0.15) is 5.78 Å². The third-order valence-electron chi connectivity index (χ3n) is 7.57. The molecule has 0 saturated heterocycles. The van der Waals surface area contributed by atoms with E-state index in [0.717, 1.165) is 38.5 Å². The van der Waals surface area contributed by atoms with Gasteiger partial charge >= 0.3 is 0 Å². The molecule has 0 aliphatic rings. The maximum atomic E-state index is 12.7. The average molecular weight is 508 g/mol. The summed E-state index contributed by atoms with van der Waals surface area (Å²) in [4.78, 5) is 36.4. The molecule has 0 fully saturated rings. The van der Waals surface area contributed by atoms with Crippen molar-refractivity contribution in [3.63, 3.8) is 0 Å². The summed E-state index contributed by atoms with van der Waals surface area (Å²) in [6.07, 6.45) is 30.7. The van der Waals surface area contributed by atoms with Gasteiger partial charge in [0.2, 0.25) is 5.78 Å². The third-order valence-corrected chi connectivity index (χ3v) is 7.57. The molecule has 0 aromatic rings. The molecule has 0 bridgehead atoms. The minimum absolute atomic E-state index is 0.0753. The van der Waals surface area contributed by atoms with E-state index in [9.17, 15) is 14.4 Å². The van der Waals surface area contributed by atoms with Crippen LogP contribution in [0.2, 0.25) is 0 Å². The SMILES string of the molecule is CCCCCCCCCCCCCCCC(C(=O)CCCCCCCCCCCCC)C(=O)C(N)=O. The lowest BCUT2D eigenvalue weighted by molar-refractivity contribution is -0.142. The topological polar surface area (TPSA) is 77.2 Å². The Hall–Kier alpha value is -1.19. The highest BCUT2D eigenvalue weighted by atomic mass is 16.2. The molecule has 0 radical (unpaired) electrons. The zero-order valence-electron chi connectivity index (χ0n) is 24.3. The van der Waals surface area contributed by atoms with Crippen LogP contribution in [0.3, 0.4) is 0 Å². The molecule has 0 saturated carbocycles. The van der Waals surface area contributed by atoms with Gasteiger partial charge in [0.05, 0.1) is 5.92 Å². The van der Waals surface area contributed by atoms with Crippen LogP contribution in [-0.2, 0) is 14.4 Å². The molecular formula is C32H61NO3. The fourth-order valence-corrected chi connectivity index (χ4v) is 5.11. The number of Topliss-reactive ketones (excluding diaryl/α,β-unsaturated/α-hetero) is 2. The van der Waals surface area contributed by atoms with Gasteiger partial charge in [-0.25, -0.2) is 0 Å². The van der Waals surface area contributed by atoms with Crippen LogP contribution in [0.4, 0.5) is 0 Å². The van der Waals surface area contributed by atoms with Crippen LogP contribution < -0.4 is 5.73 Å². The smallest absolute Gasteiger partial charge is 0.285 e. The Bertz CT molecular complexity index is 531. The first kappa shape index (κ1) is 34.8. The second kappa shape index (κ2) is 26.9. The summed E-state index contributed by atoms with van der Waals surface area (Å²) in [5.41, 5.74) is 5.24. The summed E-state index contributed by atoms with van der Waals surface area (Å²) >= 11 is 0. The fraction of sp³-hybridized carbons (Fsp3) is 0.906. The highest BCUT2D eigenvalue weighted by Crippen LogP contribution is 2.19. The maximum absolute atomic E-state index is 12.7. The Morgan fingerprint density at radius 3 is 1.11 bits per heavy atom. The molecule has 0 aromatic carbocycles. The highest BCUT2D eigenvalue weighted by Gasteiger charge is 2.28. The van der Waals surface area contributed by atoms with Crippen LogP contribution in [0.15, 0.2) is 0 Å². The normalized spacial score (nSPS) is 12.1. The van der Waals surface area contributed by atoms with Gasteiger partial charge in [-0.05, 0) is 12.8 Å². The third kappa shape index (κ3) is 22.0. The predicted molar refractivity (Wildman–Crippen MR) is 154 cm³/mol. The van der Waals surface area contributed by atoms with Crippen molar-refractivity contribution in [1.82, 2.24) is 0 Å². The monoisotopic (exact) mass is 507 g/mol. The number of carbonyl (C=O) groups excluding carboxylic acids is 3. The molecule has 0 heterocycles. The molecule has 2 N–H and O–H groups in total. The Kier molecular flexibility index (Phi) is 26.0.